The SMILES string of the molecule is Cl.Cl.NCC1=CSC2=NCCCN12. The largest absolute Gasteiger partial charge is 0.325 e. The molecule has 2 aliphatic rings. The van der Waals surface area contributed by atoms with E-state index < -0.39 is 0 Å². The lowest BCUT2D eigenvalue weighted by molar-refractivity contribution is 0.481. The molecule has 0 saturated carbocycles. The summed E-state index contributed by atoms with van der Waals surface area (Å²) in [6.45, 7) is 2.70. The quantitative estimate of drug-likeness (QED) is 0.756. The molecule has 0 amide bonds. The third-order valence-electron chi connectivity index (χ3n) is 1.87. The normalized spacial score (nSPS) is 19.3. The molecule has 0 unspecified atom stereocenters. The Morgan fingerprint density at radius 1 is 1.54 bits per heavy atom. The highest BCUT2D eigenvalue weighted by atomic mass is 35.5. The van der Waals surface area contributed by atoms with Gasteiger partial charge in [0, 0.05) is 25.3 Å². The second-order valence-electron chi connectivity index (χ2n) is 2.60. The molecule has 6 heteroatoms. The maximum Gasteiger partial charge on any atom is 0.167 e. The summed E-state index contributed by atoms with van der Waals surface area (Å²) in [6.07, 6.45) is 1.15. The number of rotatable bonds is 1. The Morgan fingerprint density at radius 2 is 2.31 bits per heavy atom. The number of amidine groups is 1. The molecule has 0 bridgehead atoms. The lowest BCUT2D eigenvalue weighted by Gasteiger charge is -2.24. The van der Waals surface area contributed by atoms with Crippen LogP contribution in [0, 0.1) is 0 Å². The van der Waals surface area contributed by atoms with Gasteiger partial charge in [-0.1, -0.05) is 11.8 Å². The van der Waals surface area contributed by atoms with Crippen LogP contribution in [0.5, 0.6) is 0 Å². The zero-order chi connectivity index (χ0) is 7.68. The van der Waals surface area contributed by atoms with Crippen LogP contribution in [0.1, 0.15) is 6.42 Å². The molecule has 0 aromatic rings. The first-order chi connectivity index (χ1) is 5.42. The Kier molecular flexibility index (Phi) is 5.80. The van der Waals surface area contributed by atoms with E-state index in [1.165, 1.54) is 5.70 Å². The van der Waals surface area contributed by atoms with E-state index in [9.17, 15) is 0 Å². The van der Waals surface area contributed by atoms with Crippen LogP contribution in [0.4, 0.5) is 0 Å². The number of halogens is 2. The van der Waals surface area contributed by atoms with Gasteiger partial charge in [0.2, 0.25) is 0 Å². The highest BCUT2D eigenvalue weighted by Crippen LogP contribution is 2.27. The summed E-state index contributed by atoms with van der Waals surface area (Å²) >= 11 is 1.69. The van der Waals surface area contributed by atoms with Crippen molar-refractivity contribution in [2.75, 3.05) is 19.6 Å². The second-order valence-corrected chi connectivity index (χ2v) is 3.44. The van der Waals surface area contributed by atoms with E-state index in [-0.39, 0.29) is 24.8 Å². The number of nitrogens with zero attached hydrogens (tertiary/aromatic N) is 2. The number of thioether (sulfide) groups is 1. The summed E-state index contributed by atoms with van der Waals surface area (Å²) < 4.78 is 0. The van der Waals surface area contributed by atoms with E-state index in [0.29, 0.717) is 6.54 Å². The van der Waals surface area contributed by atoms with Crippen molar-refractivity contribution >= 4 is 41.7 Å². The van der Waals surface area contributed by atoms with Gasteiger partial charge in [-0.05, 0) is 11.8 Å². The predicted molar refractivity (Wildman–Crippen MR) is 62.8 cm³/mol. The summed E-state index contributed by atoms with van der Waals surface area (Å²) in [5.41, 5.74) is 6.78. The van der Waals surface area contributed by atoms with Gasteiger partial charge in [0.25, 0.3) is 0 Å². The molecular formula is C7H13Cl2N3S. The van der Waals surface area contributed by atoms with Crippen LogP contribution in [0.15, 0.2) is 16.1 Å². The van der Waals surface area contributed by atoms with Crippen molar-refractivity contribution in [2.45, 2.75) is 6.42 Å². The number of hydrogen-bond donors (Lipinski definition) is 1. The van der Waals surface area contributed by atoms with Crippen LogP contribution in [0.3, 0.4) is 0 Å². The highest BCUT2D eigenvalue weighted by Gasteiger charge is 2.23. The molecular weight excluding hydrogens is 229 g/mol. The summed E-state index contributed by atoms with van der Waals surface area (Å²) in [5, 5.41) is 3.24. The third kappa shape index (κ3) is 2.53. The van der Waals surface area contributed by atoms with Crippen LogP contribution in [-0.2, 0) is 0 Å². The maximum atomic E-state index is 5.56. The first-order valence-corrected chi connectivity index (χ1v) is 4.67. The molecule has 0 atom stereocenters. The molecule has 0 fully saturated rings. The first-order valence-electron chi connectivity index (χ1n) is 3.79. The van der Waals surface area contributed by atoms with Crippen molar-refractivity contribution in [3.8, 4) is 0 Å². The van der Waals surface area contributed by atoms with Crippen molar-refractivity contribution in [3.63, 3.8) is 0 Å². The fourth-order valence-corrected chi connectivity index (χ4v) is 2.26. The predicted octanol–water partition coefficient (Wildman–Crippen LogP) is 1.44. The topological polar surface area (TPSA) is 41.6 Å². The van der Waals surface area contributed by atoms with Gasteiger partial charge >= 0.3 is 0 Å². The second kappa shape index (κ2) is 5.75. The zero-order valence-electron chi connectivity index (χ0n) is 7.10. The van der Waals surface area contributed by atoms with Crippen LogP contribution in [-0.4, -0.2) is 29.7 Å². The van der Waals surface area contributed by atoms with Gasteiger partial charge in [0.15, 0.2) is 5.17 Å². The van der Waals surface area contributed by atoms with Gasteiger partial charge in [-0.25, -0.2) is 0 Å². The van der Waals surface area contributed by atoms with Crippen LogP contribution in [0.2, 0.25) is 0 Å². The average molecular weight is 242 g/mol. The van der Waals surface area contributed by atoms with Crippen molar-refractivity contribution in [1.82, 2.24) is 4.90 Å². The lowest BCUT2D eigenvalue weighted by Crippen LogP contribution is -2.32. The van der Waals surface area contributed by atoms with Crippen LogP contribution < -0.4 is 5.73 Å². The lowest BCUT2D eigenvalue weighted by atomic mass is 10.3. The van der Waals surface area contributed by atoms with Crippen molar-refractivity contribution in [3.05, 3.63) is 11.1 Å². The van der Waals surface area contributed by atoms with E-state index in [4.69, 9.17) is 5.73 Å². The molecule has 2 heterocycles. The number of nitrogens with two attached hydrogens (primary N) is 1. The van der Waals surface area contributed by atoms with Gasteiger partial charge < -0.3 is 10.6 Å². The summed E-state index contributed by atoms with van der Waals surface area (Å²) in [7, 11) is 0. The molecule has 0 radical (unpaired) electrons. The highest BCUT2D eigenvalue weighted by molar-refractivity contribution is 8.16. The zero-order valence-corrected chi connectivity index (χ0v) is 9.55. The number of aliphatic imine (C=N–C) groups is 1. The molecule has 2 rings (SSSR count). The van der Waals surface area contributed by atoms with Crippen molar-refractivity contribution in [2.24, 2.45) is 10.7 Å². The Hall–Kier alpha value is 0.1000. The monoisotopic (exact) mass is 241 g/mol. The van der Waals surface area contributed by atoms with E-state index in [1.807, 2.05) is 0 Å². The van der Waals surface area contributed by atoms with Gasteiger partial charge in [-0.15, -0.1) is 24.8 Å². The van der Waals surface area contributed by atoms with Crippen LogP contribution in [0.25, 0.3) is 0 Å². The molecule has 2 N–H and O–H groups in total. The standard InChI is InChI=1S/C7H11N3S.2ClH/c8-4-6-5-11-7-9-2-1-3-10(6)7;;/h5H,1-4,8H2;2*1H. The Bertz CT molecular complexity index is 230. The summed E-state index contributed by atoms with van der Waals surface area (Å²) in [4.78, 5) is 6.60. The molecule has 0 aliphatic carbocycles. The van der Waals surface area contributed by atoms with Gasteiger partial charge in [0.05, 0.1) is 0 Å². The van der Waals surface area contributed by atoms with Gasteiger partial charge in [0.1, 0.15) is 0 Å². The van der Waals surface area contributed by atoms with Crippen molar-refractivity contribution < 1.29 is 0 Å². The molecule has 13 heavy (non-hydrogen) atoms. The third-order valence-corrected chi connectivity index (χ3v) is 2.82. The number of fused-ring (bicyclic) bond motifs is 1. The first kappa shape index (κ1) is 13.1. The Balaban J connectivity index is 0.000000720. The van der Waals surface area contributed by atoms with E-state index in [0.717, 1.165) is 24.7 Å². The molecule has 0 aromatic heterocycles. The van der Waals surface area contributed by atoms with Gasteiger partial charge in [-0.2, -0.15) is 0 Å². The summed E-state index contributed by atoms with van der Waals surface area (Å²) in [5.74, 6) is 0. The maximum absolute atomic E-state index is 5.56. The van der Waals surface area contributed by atoms with E-state index in [1.54, 1.807) is 11.8 Å². The fraction of sp³-hybridized carbons (Fsp3) is 0.571. The van der Waals surface area contributed by atoms with E-state index >= 15 is 0 Å². The smallest absolute Gasteiger partial charge is 0.167 e. The van der Waals surface area contributed by atoms with Gasteiger partial charge in [-0.3, -0.25) is 4.99 Å². The molecule has 0 saturated heterocycles. The number of hydrogen-bond acceptors (Lipinski definition) is 4. The van der Waals surface area contributed by atoms with Crippen molar-refractivity contribution in [1.29, 1.82) is 0 Å². The Morgan fingerprint density at radius 3 is 3.00 bits per heavy atom. The van der Waals surface area contributed by atoms with Crippen LogP contribution >= 0.6 is 36.6 Å². The fourth-order valence-electron chi connectivity index (χ4n) is 1.29. The molecule has 0 aromatic carbocycles. The minimum Gasteiger partial charge on any atom is -0.325 e. The average Bonchev–Trinajstić information content (AvgIpc) is 2.47. The Labute approximate surface area is 94.7 Å². The molecule has 3 nitrogen and oxygen atoms in total. The minimum atomic E-state index is 0. The molecule has 0 spiro atoms. The molecule has 2 aliphatic heterocycles. The molecule has 76 valence electrons. The minimum absolute atomic E-state index is 0. The summed E-state index contributed by atoms with van der Waals surface area (Å²) in [6, 6.07) is 0. The van der Waals surface area contributed by atoms with E-state index in [2.05, 4.69) is 15.3 Å².